The van der Waals surface area contributed by atoms with Gasteiger partial charge in [-0.25, -0.2) is 0 Å². The quantitative estimate of drug-likeness (QED) is 0.170. The van der Waals surface area contributed by atoms with Crippen LogP contribution in [0.5, 0.6) is 5.75 Å². The number of anilines is 1. The number of nitrogens with zero attached hydrogens (tertiary/aromatic N) is 3. The molecule has 4 rings (SSSR count). The van der Waals surface area contributed by atoms with Crippen molar-refractivity contribution in [1.29, 1.82) is 0 Å². The van der Waals surface area contributed by atoms with Crippen LogP contribution >= 0.6 is 55.5 Å². The van der Waals surface area contributed by atoms with Crippen LogP contribution in [-0.4, -0.2) is 31.5 Å². The highest BCUT2D eigenvalue weighted by Gasteiger charge is 2.41. The Labute approximate surface area is 215 Å². The van der Waals surface area contributed by atoms with E-state index >= 15 is 0 Å². The van der Waals surface area contributed by atoms with Crippen LogP contribution in [0.4, 0.5) is 24.5 Å². The van der Waals surface area contributed by atoms with Crippen molar-refractivity contribution in [2.45, 2.75) is 25.9 Å². The summed E-state index contributed by atoms with van der Waals surface area (Å²) in [5.74, 6) is -0.0475. The predicted molar refractivity (Wildman–Crippen MR) is 142 cm³/mol. The molecule has 2 N–H and O–H groups in total. The van der Waals surface area contributed by atoms with Gasteiger partial charge in [-0.05, 0) is 75.7 Å². The number of benzene rings is 2. The standard InChI is InChI=1S/C21H17F3I2N4O2S/c1-9(2)11-7-12(14(28-32)8-16(11)31)17-18(25)27-20(33)30(17)10-4-5-15-13(6-10)26-19(29(15)3)21(22,23)24/h4-9,31H,1-3H3,(H,27,33). The summed E-state index contributed by atoms with van der Waals surface area (Å²) in [5.41, 5.74) is 2.82. The third kappa shape index (κ3) is 4.24. The molecule has 174 valence electrons. The number of H-pyrrole nitrogens is 1. The molecule has 0 unspecified atom stereocenters. The second-order valence-electron chi connectivity index (χ2n) is 7.68. The summed E-state index contributed by atoms with van der Waals surface area (Å²) in [4.78, 5) is 15.9. The highest BCUT2D eigenvalue weighted by Crippen LogP contribution is 2.43. The van der Waals surface area contributed by atoms with Crippen molar-refractivity contribution in [2.75, 3.05) is 11.9 Å². The van der Waals surface area contributed by atoms with Crippen LogP contribution in [0.1, 0.15) is 25.3 Å². The van der Waals surface area contributed by atoms with Crippen LogP contribution < -0.4 is 4.90 Å². The Bertz CT molecular complexity index is 1380. The molecular weight excluding hydrogens is 683 g/mol. The first-order valence-corrected chi connectivity index (χ1v) is 13.3. The zero-order valence-electron chi connectivity index (χ0n) is 17.5. The Morgan fingerprint density at radius 2 is 1.94 bits per heavy atom. The van der Waals surface area contributed by atoms with E-state index in [0.717, 1.165) is 0 Å². The molecule has 1 aromatic heterocycles. The van der Waals surface area contributed by atoms with Crippen molar-refractivity contribution in [3.05, 3.63) is 52.8 Å². The van der Waals surface area contributed by atoms with Gasteiger partial charge in [0.15, 0.2) is 8.40 Å². The lowest BCUT2D eigenvalue weighted by Crippen LogP contribution is -2.35. The maximum atomic E-state index is 13.4. The number of hydrogen-bond acceptors (Lipinski definition) is 5. The van der Waals surface area contributed by atoms with Gasteiger partial charge in [0.05, 0.1) is 11.4 Å². The van der Waals surface area contributed by atoms with Gasteiger partial charge in [-0.1, -0.05) is 34.6 Å². The summed E-state index contributed by atoms with van der Waals surface area (Å²) < 4.78 is 43.1. The molecule has 0 saturated carbocycles. The predicted octanol–water partition coefficient (Wildman–Crippen LogP) is 7.32. The van der Waals surface area contributed by atoms with Gasteiger partial charge in [0, 0.05) is 27.9 Å². The Kier molecular flexibility index (Phi) is 6.46. The number of aromatic amines is 1. The number of halogens is 5. The van der Waals surface area contributed by atoms with E-state index in [1.165, 1.54) is 18.0 Å². The summed E-state index contributed by atoms with van der Waals surface area (Å²) in [6.07, 6.45) is -4.38. The van der Waals surface area contributed by atoms with Crippen molar-refractivity contribution in [1.82, 2.24) is 9.55 Å². The highest BCUT2D eigenvalue weighted by atomic mass is 127. The van der Waals surface area contributed by atoms with Gasteiger partial charge in [-0.3, -0.25) is 4.57 Å². The fraction of sp³-hybridized carbons (Fsp3) is 0.238. The number of imidazole rings is 1. The van der Waals surface area contributed by atoms with Crippen molar-refractivity contribution in [3.8, 4) is 22.7 Å². The third-order valence-electron chi connectivity index (χ3n) is 5.24. The number of hydrogen-bond donors (Lipinski definition) is 2. The van der Waals surface area contributed by atoms with Gasteiger partial charge in [0.2, 0.25) is 0 Å². The molecule has 12 heteroatoms. The van der Waals surface area contributed by atoms with Crippen LogP contribution in [-0.2, 0) is 0 Å². The van der Waals surface area contributed by atoms with Crippen molar-refractivity contribution >= 4 is 70.5 Å². The summed E-state index contributed by atoms with van der Waals surface area (Å²) in [6, 6.07) is 8.11. The first-order valence-electron chi connectivity index (χ1n) is 9.62. The molecule has 0 spiro atoms. The van der Waals surface area contributed by atoms with E-state index in [-0.39, 0.29) is 17.4 Å². The fourth-order valence-corrected chi connectivity index (χ4v) is 7.75. The van der Waals surface area contributed by atoms with Crippen LogP contribution in [0.15, 0.2) is 35.5 Å². The van der Waals surface area contributed by atoms with E-state index in [4.69, 9.17) is 12.2 Å². The molecule has 6 nitrogen and oxygen atoms in total. The Morgan fingerprint density at radius 3 is 2.55 bits per heavy atom. The summed E-state index contributed by atoms with van der Waals surface area (Å²) in [5, 5.41) is 13.4. The molecular formula is C21H17F3I2N4O2S. The van der Waals surface area contributed by atoms with Gasteiger partial charge in [-0.2, -0.15) is 13.2 Å². The molecule has 1 aliphatic heterocycles. The van der Waals surface area contributed by atoms with Crippen molar-refractivity contribution < 1.29 is 18.3 Å². The van der Waals surface area contributed by atoms with E-state index in [9.17, 15) is 23.2 Å². The Balaban J connectivity index is 1.95. The number of aromatic nitrogens is 2. The molecule has 0 saturated heterocycles. The monoisotopic (exact) mass is 700 g/mol. The van der Waals surface area contributed by atoms with Crippen molar-refractivity contribution in [2.24, 2.45) is 5.18 Å². The molecule has 33 heavy (non-hydrogen) atoms. The third-order valence-corrected chi connectivity index (χ3v) is 9.60. The molecule has 0 fully saturated rings. The molecule has 0 aliphatic carbocycles. The van der Waals surface area contributed by atoms with E-state index in [0.29, 0.717) is 40.2 Å². The Morgan fingerprint density at radius 1 is 1.24 bits per heavy atom. The smallest absolute Gasteiger partial charge is 0.437 e. The number of phenols is 1. The summed E-state index contributed by atoms with van der Waals surface area (Å²) in [7, 11) is 1.43. The number of alkyl halides is 3. The fourth-order valence-electron chi connectivity index (χ4n) is 3.71. The summed E-state index contributed by atoms with van der Waals surface area (Å²) in [6.45, 7) is 3.83. The summed E-state index contributed by atoms with van der Waals surface area (Å²) >= 11 is 6.16. The highest BCUT2D eigenvalue weighted by molar-refractivity contribution is 14.2. The lowest BCUT2D eigenvalue weighted by atomic mass is 9.97. The molecule has 0 bridgehead atoms. The van der Waals surface area contributed by atoms with Gasteiger partial charge < -0.3 is 15.0 Å². The number of phenolic OH excluding ortho intramolecular Hbond substituents is 1. The van der Waals surface area contributed by atoms with E-state index < -0.39 is 30.5 Å². The van der Waals surface area contributed by atoms with E-state index in [1.807, 2.05) is 13.8 Å². The first-order chi connectivity index (χ1) is 15.4. The average Bonchev–Trinajstić information content (AvgIpc) is 3.22. The second-order valence-corrected chi connectivity index (χ2v) is 11.9. The topological polar surface area (TPSA) is 73.6 Å². The molecule has 2 aromatic carbocycles. The SMILES string of the molecule is CC(C)c1cc(-c2c(I)[nH]c(=S)n2-c2ccc3c(c2)I=C(C(F)(F)F)N3C)c(N=O)cc1O. The zero-order chi connectivity index (χ0) is 24.2. The van der Waals surface area contributed by atoms with Crippen LogP contribution in [0.2, 0.25) is 0 Å². The maximum Gasteiger partial charge on any atom is 0.437 e. The molecule has 1 aliphatic rings. The van der Waals surface area contributed by atoms with Crippen molar-refractivity contribution in [3.63, 3.8) is 0 Å². The number of aromatic hydroxyl groups is 1. The molecule has 0 amide bonds. The number of nitrogens with one attached hydrogen (secondary N) is 1. The lowest BCUT2D eigenvalue weighted by molar-refractivity contribution is -0.0569. The number of nitroso groups, excluding NO2 is 1. The molecule has 0 radical (unpaired) electrons. The van der Waals surface area contributed by atoms with Gasteiger partial charge in [0.25, 0.3) is 0 Å². The zero-order valence-corrected chi connectivity index (χ0v) is 22.6. The minimum atomic E-state index is -4.38. The molecule has 0 atom stereocenters. The van der Waals surface area contributed by atoms with Crippen LogP contribution in [0.25, 0.3) is 16.9 Å². The normalized spacial score (nSPS) is 13.7. The minimum absolute atomic E-state index is 0.0194. The van der Waals surface area contributed by atoms with E-state index in [1.54, 1.807) is 28.8 Å². The van der Waals surface area contributed by atoms with Crippen LogP contribution in [0.3, 0.4) is 0 Å². The maximum absolute atomic E-state index is 13.4. The van der Waals surface area contributed by atoms with Gasteiger partial charge in [0.1, 0.15) is 15.1 Å². The minimum Gasteiger partial charge on any atom is -0.508 e. The lowest BCUT2D eigenvalue weighted by Gasteiger charge is -2.19. The number of fused-ring (bicyclic) bond motifs is 1. The largest absolute Gasteiger partial charge is 0.508 e. The average molecular weight is 700 g/mol. The number of rotatable bonds is 4. The van der Waals surface area contributed by atoms with Crippen LogP contribution in [0, 0.1) is 16.9 Å². The molecule has 3 aromatic rings. The Hall–Kier alpha value is -1.81. The molecule has 2 heterocycles. The van der Waals surface area contributed by atoms with E-state index in [2.05, 4.69) is 32.8 Å². The first kappa shape index (κ1) is 24.3. The van der Waals surface area contributed by atoms with Gasteiger partial charge >= 0.3 is 6.18 Å². The van der Waals surface area contributed by atoms with Gasteiger partial charge in [-0.15, -0.1) is 4.91 Å². The second kappa shape index (κ2) is 8.76.